The maximum Gasteiger partial charge on any atom is 0.0178 e. The lowest BCUT2D eigenvalue weighted by Gasteiger charge is -2.26. The predicted molar refractivity (Wildman–Crippen MR) is 67.9 cm³/mol. The number of rotatable bonds is 2. The number of hydrogen-bond donors (Lipinski definition) is 1. The van der Waals surface area contributed by atoms with E-state index in [9.17, 15) is 0 Å². The summed E-state index contributed by atoms with van der Waals surface area (Å²) < 4.78 is 1.20. The fourth-order valence-electron chi connectivity index (χ4n) is 2.53. The van der Waals surface area contributed by atoms with E-state index in [4.69, 9.17) is 5.73 Å². The zero-order valence-electron chi connectivity index (χ0n) is 9.17. The smallest absolute Gasteiger partial charge is 0.0178 e. The van der Waals surface area contributed by atoms with Crippen LogP contribution >= 0.6 is 15.9 Å². The number of aryl methyl sites for hydroxylation is 1. The molecule has 2 N–H and O–H groups in total. The fourth-order valence-corrected chi connectivity index (χ4v) is 2.94. The summed E-state index contributed by atoms with van der Waals surface area (Å²) in [6.07, 6.45) is 4.89. The molecule has 1 aromatic carbocycles. The highest BCUT2D eigenvalue weighted by Crippen LogP contribution is 2.29. The molecule has 2 rings (SSSR count). The highest BCUT2D eigenvalue weighted by molar-refractivity contribution is 9.10. The number of benzene rings is 1. The van der Waals surface area contributed by atoms with Gasteiger partial charge in [0, 0.05) is 10.5 Å². The van der Waals surface area contributed by atoms with Crippen molar-refractivity contribution < 1.29 is 0 Å². The normalized spacial score (nSPS) is 22.2. The minimum Gasteiger partial charge on any atom is -0.328 e. The molecule has 15 heavy (non-hydrogen) atoms. The molecule has 2 atom stereocenters. The Kier molecular flexibility index (Phi) is 3.47. The Hall–Kier alpha value is -0.340. The summed E-state index contributed by atoms with van der Waals surface area (Å²) in [4.78, 5) is 0. The molecule has 2 unspecified atom stereocenters. The van der Waals surface area contributed by atoms with E-state index in [1.807, 2.05) is 0 Å². The molecule has 1 aromatic rings. The van der Waals surface area contributed by atoms with Crippen molar-refractivity contribution >= 4 is 15.9 Å². The lowest BCUT2D eigenvalue weighted by atomic mass is 9.81. The molecule has 1 aliphatic rings. The van der Waals surface area contributed by atoms with Crippen molar-refractivity contribution in [3.63, 3.8) is 0 Å². The molecule has 82 valence electrons. The van der Waals surface area contributed by atoms with E-state index >= 15 is 0 Å². The van der Waals surface area contributed by atoms with Crippen LogP contribution in [0, 0.1) is 5.92 Å². The van der Waals surface area contributed by atoms with Gasteiger partial charge in [-0.05, 0) is 61.8 Å². The molecule has 1 aliphatic carbocycles. The molecular formula is C13H18BrN. The van der Waals surface area contributed by atoms with E-state index in [1.54, 1.807) is 0 Å². The number of hydrogen-bond acceptors (Lipinski definition) is 1. The second-order valence-electron chi connectivity index (χ2n) is 4.73. The summed E-state index contributed by atoms with van der Waals surface area (Å²) in [6.45, 7) is 2.11. The van der Waals surface area contributed by atoms with Gasteiger partial charge in [-0.25, -0.2) is 0 Å². The Morgan fingerprint density at radius 3 is 3.00 bits per heavy atom. The van der Waals surface area contributed by atoms with Gasteiger partial charge in [-0.2, -0.15) is 0 Å². The van der Waals surface area contributed by atoms with Gasteiger partial charge in [0.05, 0.1) is 0 Å². The van der Waals surface area contributed by atoms with Crippen molar-refractivity contribution in [2.45, 2.75) is 38.6 Å². The summed E-state index contributed by atoms with van der Waals surface area (Å²) in [6, 6.07) is 7.00. The highest BCUT2D eigenvalue weighted by Gasteiger charge is 2.19. The average molecular weight is 268 g/mol. The third-order valence-corrected chi connectivity index (χ3v) is 3.70. The molecule has 0 saturated carbocycles. The number of halogens is 1. The minimum atomic E-state index is 0.337. The molecule has 0 spiro atoms. The Morgan fingerprint density at radius 2 is 2.27 bits per heavy atom. The zero-order chi connectivity index (χ0) is 10.8. The summed E-state index contributed by atoms with van der Waals surface area (Å²) in [7, 11) is 0. The van der Waals surface area contributed by atoms with Crippen LogP contribution in [0.25, 0.3) is 0 Å². The van der Waals surface area contributed by atoms with Gasteiger partial charge in [0.2, 0.25) is 0 Å². The van der Waals surface area contributed by atoms with E-state index in [1.165, 1.54) is 34.9 Å². The largest absolute Gasteiger partial charge is 0.328 e. The lowest BCUT2D eigenvalue weighted by Crippen LogP contribution is -2.23. The van der Waals surface area contributed by atoms with Crippen LogP contribution in [0.2, 0.25) is 0 Å². The number of fused-ring (bicyclic) bond motifs is 1. The van der Waals surface area contributed by atoms with Crippen LogP contribution in [-0.4, -0.2) is 6.04 Å². The van der Waals surface area contributed by atoms with Crippen molar-refractivity contribution in [3.8, 4) is 0 Å². The summed E-state index contributed by atoms with van der Waals surface area (Å²) in [5, 5.41) is 0. The van der Waals surface area contributed by atoms with E-state index in [0.29, 0.717) is 6.04 Å². The van der Waals surface area contributed by atoms with E-state index in [0.717, 1.165) is 12.3 Å². The molecule has 0 aliphatic heterocycles. The van der Waals surface area contributed by atoms with Crippen LogP contribution in [0.1, 0.15) is 30.9 Å². The molecule has 0 saturated heterocycles. The second kappa shape index (κ2) is 4.67. The maximum absolute atomic E-state index is 5.86. The highest BCUT2D eigenvalue weighted by atomic mass is 79.9. The van der Waals surface area contributed by atoms with Crippen LogP contribution < -0.4 is 5.73 Å². The first-order valence-electron chi connectivity index (χ1n) is 5.68. The van der Waals surface area contributed by atoms with Gasteiger partial charge in [-0.1, -0.05) is 22.0 Å². The van der Waals surface area contributed by atoms with Gasteiger partial charge >= 0.3 is 0 Å². The molecule has 0 aromatic heterocycles. The summed E-state index contributed by atoms with van der Waals surface area (Å²) >= 11 is 3.54. The van der Waals surface area contributed by atoms with Gasteiger partial charge < -0.3 is 5.73 Å². The predicted octanol–water partition coefficient (Wildman–Crippen LogP) is 3.29. The van der Waals surface area contributed by atoms with Crippen LogP contribution in [-0.2, 0) is 12.8 Å². The Morgan fingerprint density at radius 1 is 1.47 bits per heavy atom. The first-order valence-corrected chi connectivity index (χ1v) is 6.47. The fraction of sp³-hybridized carbons (Fsp3) is 0.538. The second-order valence-corrected chi connectivity index (χ2v) is 5.65. The minimum absolute atomic E-state index is 0.337. The molecular weight excluding hydrogens is 250 g/mol. The molecule has 1 nitrogen and oxygen atoms in total. The third kappa shape index (κ3) is 2.82. The third-order valence-electron chi connectivity index (χ3n) is 3.20. The van der Waals surface area contributed by atoms with Gasteiger partial charge in [0.1, 0.15) is 0 Å². The molecule has 0 heterocycles. The van der Waals surface area contributed by atoms with Crippen molar-refractivity contribution in [1.82, 2.24) is 0 Å². The van der Waals surface area contributed by atoms with Gasteiger partial charge in [0.25, 0.3) is 0 Å². The first kappa shape index (κ1) is 11.2. The van der Waals surface area contributed by atoms with Gasteiger partial charge in [-0.15, -0.1) is 0 Å². The van der Waals surface area contributed by atoms with Crippen molar-refractivity contribution in [2.75, 3.05) is 0 Å². The average Bonchev–Trinajstić information content (AvgIpc) is 2.16. The SMILES string of the molecule is CC(N)CC1CCc2ccc(Br)cc2C1. The Bertz CT molecular complexity index is 346. The number of nitrogens with two attached hydrogens (primary N) is 1. The quantitative estimate of drug-likeness (QED) is 0.875. The topological polar surface area (TPSA) is 26.0 Å². The molecule has 0 fully saturated rings. The molecule has 0 bridgehead atoms. The molecule has 0 radical (unpaired) electrons. The first-order chi connectivity index (χ1) is 7.15. The molecule has 2 heteroatoms. The Labute approximate surface area is 100 Å². The monoisotopic (exact) mass is 267 g/mol. The van der Waals surface area contributed by atoms with Crippen LogP contribution in [0.4, 0.5) is 0 Å². The van der Waals surface area contributed by atoms with Crippen molar-refractivity contribution in [3.05, 3.63) is 33.8 Å². The zero-order valence-corrected chi connectivity index (χ0v) is 10.8. The van der Waals surface area contributed by atoms with Crippen molar-refractivity contribution in [2.24, 2.45) is 11.7 Å². The van der Waals surface area contributed by atoms with E-state index < -0.39 is 0 Å². The standard InChI is InChI=1S/C13H18BrN/c1-9(15)6-10-2-3-11-4-5-13(14)8-12(11)7-10/h4-5,8-10H,2-3,6-7,15H2,1H3. The van der Waals surface area contributed by atoms with Crippen LogP contribution in [0.3, 0.4) is 0 Å². The summed E-state index contributed by atoms with van der Waals surface area (Å²) in [5.74, 6) is 0.784. The van der Waals surface area contributed by atoms with Gasteiger partial charge in [0.15, 0.2) is 0 Å². The lowest BCUT2D eigenvalue weighted by molar-refractivity contribution is 0.398. The van der Waals surface area contributed by atoms with E-state index in [-0.39, 0.29) is 0 Å². The van der Waals surface area contributed by atoms with Crippen LogP contribution in [0.15, 0.2) is 22.7 Å². The summed E-state index contributed by atoms with van der Waals surface area (Å²) in [5.41, 5.74) is 8.91. The Balaban J connectivity index is 2.11. The van der Waals surface area contributed by atoms with E-state index in [2.05, 4.69) is 41.1 Å². The molecule has 0 amide bonds. The van der Waals surface area contributed by atoms with Crippen molar-refractivity contribution in [1.29, 1.82) is 0 Å². The maximum atomic E-state index is 5.86. The van der Waals surface area contributed by atoms with Crippen LogP contribution in [0.5, 0.6) is 0 Å². The van der Waals surface area contributed by atoms with Gasteiger partial charge in [-0.3, -0.25) is 0 Å².